The second-order valence-electron chi connectivity index (χ2n) is 8.28. The van der Waals surface area contributed by atoms with E-state index >= 15 is 0 Å². The van der Waals surface area contributed by atoms with Crippen molar-refractivity contribution in [2.45, 2.75) is 78.1 Å². The van der Waals surface area contributed by atoms with Gasteiger partial charge in [0.1, 0.15) is 5.75 Å². The van der Waals surface area contributed by atoms with Crippen LogP contribution in [-0.2, 0) is 10.8 Å². The quantitative estimate of drug-likeness (QED) is 0.575. The molecule has 0 amide bonds. The lowest BCUT2D eigenvalue weighted by Gasteiger charge is -2.31. The Kier molecular flexibility index (Phi) is 5.89. The molecule has 0 radical (unpaired) electrons. The minimum absolute atomic E-state index is 0.0633. The molecule has 1 aromatic rings. The second-order valence-corrected chi connectivity index (χ2v) is 8.28. The Morgan fingerprint density at radius 2 is 1.50 bits per heavy atom. The van der Waals surface area contributed by atoms with Crippen molar-refractivity contribution in [3.8, 4) is 5.75 Å². The van der Waals surface area contributed by atoms with Gasteiger partial charge in [-0.25, -0.2) is 0 Å². The van der Waals surface area contributed by atoms with Gasteiger partial charge in [0.2, 0.25) is 0 Å². The predicted octanol–water partition coefficient (Wildman–Crippen LogP) is 6.36. The van der Waals surface area contributed by atoms with Crippen molar-refractivity contribution < 1.29 is 4.74 Å². The van der Waals surface area contributed by atoms with Crippen molar-refractivity contribution >= 4 is 0 Å². The third-order valence-corrected chi connectivity index (χ3v) is 4.35. The molecule has 22 heavy (non-hydrogen) atoms. The zero-order valence-electron chi connectivity index (χ0n) is 15.8. The minimum atomic E-state index is 0.0633. The van der Waals surface area contributed by atoms with Crippen LogP contribution in [0.3, 0.4) is 0 Å². The molecule has 1 nitrogen and oxygen atoms in total. The van der Waals surface area contributed by atoms with Crippen LogP contribution < -0.4 is 4.74 Å². The summed E-state index contributed by atoms with van der Waals surface area (Å²) in [6.45, 7) is 19.7. The molecule has 124 valence electrons. The topological polar surface area (TPSA) is 9.23 Å². The minimum Gasteiger partial charge on any atom is -0.496 e. The summed E-state index contributed by atoms with van der Waals surface area (Å²) in [5, 5.41) is 0. The molecule has 0 aliphatic carbocycles. The average Bonchev–Trinajstić information content (AvgIpc) is 2.41. The summed E-state index contributed by atoms with van der Waals surface area (Å²) >= 11 is 0. The normalized spacial score (nSPS) is 13.8. The average molecular weight is 303 g/mol. The number of ether oxygens (including phenoxy) is 1. The van der Waals surface area contributed by atoms with Crippen LogP contribution in [0.1, 0.15) is 83.9 Å². The van der Waals surface area contributed by atoms with E-state index in [2.05, 4.69) is 67.2 Å². The van der Waals surface area contributed by atoms with Gasteiger partial charge in [-0.3, -0.25) is 0 Å². The largest absolute Gasteiger partial charge is 0.496 e. The Balaban J connectivity index is 3.66. The van der Waals surface area contributed by atoms with Gasteiger partial charge in [-0.15, -0.1) is 6.58 Å². The molecule has 0 heterocycles. The smallest absolute Gasteiger partial charge is 0.126 e. The first-order valence-corrected chi connectivity index (χ1v) is 8.40. The maximum absolute atomic E-state index is 5.84. The molecule has 1 heteroatoms. The van der Waals surface area contributed by atoms with Crippen LogP contribution >= 0.6 is 0 Å². The molecule has 0 N–H and O–H groups in total. The fraction of sp³-hybridized carbons (Fsp3) is 0.619. The van der Waals surface area contributed by atoms with Crippen LogP contribution in [0.2, 0.25) is 0 Å². The number of hydrogen-bond donors (Lipinski definition) is 0. The van der Waals surface area contributed by atoms with Gasteiger partial charge < -0.3 is 4.74 Å². The molecule has 0 bridgehead atoms. The van der Waals surface area contributed by atoms with Gasteiger partial charge >= 0.3 is 0 Å². The number of rotatable bonds is 5. The molecule has 0 fully saturated rings. The summed E-state index contributed by atoms with van der Waals surface area (Å²) in [6, 6.07) is 4.71. The molecule has 0 saturated carbocycles. The Hall–Kier alpha value is -1.24. The van der Waals surface area contributed by atoms with Crippen molar-refractivity contribution in [2.75, 3.05) is 7.11 Å². The molecule has 0 saturated heterocycles. The Morgan fingerprint density at radius 1 is 1.05 bits per heavy atom. The van der Waals surface area contributed by atoms with E-state index in [9.17, 15) is 0 Å². The lowest BCUT2D eigenvalue weighted by Crippen LogP contribution is -2.20. The molecule has 1 rings (SSSR count). The molecular formula is C21H34O. The van der Waals surface area contributed by atoms with Crippen molar-refractivity contribution in [2.24, 2.45) is 0 Å². The van der Waals surface area contributed by atoms with E-state index in [1.165, 1.54) is 16.7 Å². The summed E-state index contributed by atoms with van der Waals surface area (Å²) in [6.07, 6.45) is 4.19. The summed E-state index contributed by atoms with van der Waals surface area (Å²) in [5.41, 5.74) is 4.15. The molecule has 1 atom stereocenters. The first-order chi connectivity index (χ1) is 10.1. The molecule has 1 aromatic carbocycles. The maximum Gasteiger partial charge on any atom is 0.126 e. The van der Waals surface area contributed by atoms with Crippen molar-refractivity contribution in [3.63, 3.8) is 0 Å². The third-order valence-electron chi connectivity index (χ3n) is 4.35. The highest BCUT2D eigenvalue weighted by Crippen LogP contribution is 2.42. The van der Waals surface area contributed by atoms with Gasteiger partial charge in [-0.1, -0.05) is 66.7 Å². The second kappa shape index (κ2) is 6.89. The monoisotopic (exact) mass is 302 g/mol. The van der Waals surface area contributed by atoms with Crippen LogP contribution in [-0.4, -0.2) is 7.11 Å². The third kappa shape index (κ3) is 4.15. The van der Waals surface area contributed by atoms with Gasteiger partial charge in [-0.05, 0) is 35.2 Å². The molecule has 0 aromatic heterocycles. The highest BCUT2D eigenvalue weighted by atomic mass is 16.5. The predicted molar refractivity (Wildman–Crippen MR) is 98.2 cm³/mol. The van der Waals surface area contributed by atoms with Crippen LogP contribution in [0.5, 0.6) is 5.75 Å². The molecule has 1 unspecified atom stereocenters. The molecule has 0 aliphatic rings. The van der Waals surface area contributed by atoms with Crippen LogP contribution in [0.25, 0.3) is 0 Å². The number of allylic oxidation sites excluding steroid dienone is 1. The highest BCUT2D eigenvalue weighted by Gasteiger charge is 2.28. The van der Waals surface area contributed by atoms with Crippen molar-refractivity contribution in [1.82, 2.24) is 0 Å². The van der Waals surface area contributed by atoms with Gasteiger partial charge in [0.15, 0.2) is 0 Å². The van der Waals surface area contributed by atoms with Crippen molar-refractivity contribution in [1.29, 1.82) is 0 Å². The van der Waals surface area contributed by atoms with Gasteiger partial charge in [0.05, 0.1) is 7.11 Å². The summed E-state index contributed by atoms with van der Waals surface area (Å²) in [5.74, 6) is 1.59. The van der Waals surface area contributed by atoms with Crippen LogP contribution in [0.4, 0.5) is 0 Å². The standard InChI is InChI=1S/C21H34O/c1-10-12-15(11-2)16-13-17(20(3,4)5)19(22-9)18(14-16)21(6,7)8/h10,13-15H,1,11-12H2,2-9H3. The number of hydrogen-bond acceptors (Lipinski definition) is 1. The van der Waals surface area contributed by atoms with Crippen LogP contribution in [0.15, 0.2) is 24.8 Å². The molecule has 0 aliphatic heterocycles. The van der Waals surface area contributed by atoms with E-state index in [0.717, 1.165) is 18.6 Å². The molecule has 0 spiro atoms. The fourth-order valence-corrected chi connectivity index (χ4v) is 2.96. The van der Waals surface area contributed by atoms with E-state index < -0.39 is 0 Å². The number of benzene rings is 1. The lowest BCUT2D eigenvalue weighted by atomic mass is 9.76. The van der Waals surface area contributed by atoms with E-state index in [-0.39, 0.29) is 10.8 Å². The number of methoxy groups -OCH3 is 1. The van der Waals surface area contributed by atoms with Gasteiger partial charge in [0, 0.05) is 11.1 Å². The SMILES string of the molecule is C=CCC(CC)c1cc(C(C)(C)C)c(OC)c(C(C)(C)C)c1. The Labute approximate surface area is 137 Å². The summed E-state index contributed by atoms with van der Waals surface area (Å²) < 4.78 is 5.84. The zero-order chi connectivity index (χ0) is 17.1. The van der Waals surface area contributed by atoms with Crippen molar-refractivity contribution in [3.05, 3.63) is 41.5 Å². The Morgan fingerprint density at radius 3 is 1.77 bits per heavy atom. The van der Waals surface area contributed by atoms with E-state index in [0.29, 0.717) is 5.92 Å². The van der Waals surface area contributed by atoms with E-state index in [1.807, 2.05) is 6.08 Å². The first kappa shape index (κ1) is 18.8. The van der Waals surface area contributed by atoms with Crippen LogP contribution in [0, 0.1) is 0 Å². The van der Waals surface area contributed by atoms with E-state index in [4.69, 9.17) is 4.74 Å². The fourth-order valence-electron chi connectivity index (χ4n) is 2.96. The lowest BCUT2D eigenvalue weighted by molar-refractivity contribution is 0.380. The zero-order valence-corrected chi connectivity index (χ0v) is 15.8. The highest BCUT2D eigenvalue weighted by molar-refractivity contribution is 5.51. The summed E-state index contributed by atoms with van der Waals surface area (Å²) in [7, 11) is 1.79. The van der Waals surface area contributed by atoms with E-state index in [1.54, 1.807) is 7.11 Å². The molecular weight excluding hydrogens is 268 g/mol. The Bertz CT molecular complexity index is 477. The first-order valence-electron chi connectivity index (χ1n) is 8.40. The summed E-state index contributed by atoms with van der Waals surface area (Å²) in [4.78, 5) is 0. The van der Waals surface area contributed by atoms with Gasteiger partial charge in [-0.2, -0.15) is 0 Å². The van der Waals surface area contributed by atoms with Gasteiger partial charge in [0.25, 0.3) is 0 Å². The maximum atomic E-state index is 5.84.